The molecule has 0 unspecified atom stereocenters. The zero-order chi connectivity index (χ0) is 27.9. The Hall–Kier alpha value is -3.41. The lowest BCUT2D eigenvalue weighted by Gasteiger charge is -2.13. The molecule has 4 nitrogen and oxygen atoms in total. The van der Waals surface area contributed by atoms with Crippen LogP contribution in [-0.2, 0) is 35.9 Å². The minimum Gasteiger partial charge on any atom is -0.348 e. The van der Waals surface area contributed by atoms with Crippen LogP contribution in [0.15, 0.2) is 60.8 Å². The van der Waals surface area contributed by atoms with Crippen LogP contribution in [-0.4, -0.2) is 29.9 Å². The van der Waals surface area contributed by atoms with Crippen LogP contribution >= 0.6 is 0 Å². The lowest BCUT2D eigenvalue weighted by molar-refractivity contribution is -0.0987. The molecular weight excluding hydrogens is 460 g/mol. The summed E-state index contributed by atoms with van der Waals surface area (Å²) in [7, 11) is 1.91. The number of benzene rings is 2. The predicted octanol–water partition coefficient (Wildman–Crippen LogP) is 7.45. The minimum atomic E-state index is -2.60. The maximum absolute atomic E-state index is 12.5. The van der Waals surface area contributed by atoms with E-state index < -0.39 is 5.92 Å². The smallest absolute Gasteiger partial charge is 0.249 e. The van der Waals surface area contributed by atoms with Crippen molar-refractivity contribution in [2.75, 3.05) is 0 Å². The number of hydrogen-bond donors (Lipinski definition) is 0. The molecule has 1 aromatic heterocycles. The van der Waals surface area contributed by atoms with Gasteiger partial charge in [-0.1, -0.05) is 68.8 Å². The summed E-state index contributed by atoms with van der Waals surface area (Å²) in [5.74, 6) is -1.93. The minimum absolute atomic E-state index is 0. The standard InChI is InChI=1S/C18H23NO.C10H12F2.2CH2O.2H2/c1-5-15-9-8-14(11-16(15)13(2)3)12-18(20)17-7-6-10-19(17)4;1-8-4-3-5-9(6-8)7-10(2,11)12;2*1-2;;/h6-11,13H,5,12H2,1-4H3;3-6H,7H2,1-2H3;2*1H2;2*1H. The van der Waals surface area contributed by atoms with Gasteiger partial charge in [-0.15, -0.1) is 0 Å². The third-order valence-corrected chi connectivity index (χ3v) is 5.40. The summed E-state index contributed by atoms with van der Waals surface area (Å²) >= 11 is 0. The molecular formula is C30H43F2NO3. The van der Waals surface area contributed by atoms with E-state index in [-0.39, 0.29) is 15.1 Å². The van der Waals surface area contributed by atoms with Crippen molar-refractivity contribution >= 4 is 19.4 Å². The number of carbonyl (C=O) groups is 3. The number of Topliss-reactive ketones (excluding diaryl/α,β-unsaturated/α-hetero) is 1. The van der Waals surface area contributed by atoms with Crippen LogP contribution in [0, 0.1) is 6.92 Å². The number of nitrogens with zero attached hydrogens (tertiary/aromatic N) is 1. The first-order valence-electron chi connectivity index (χ1n) is 11.8. The highest BCUT2D eigenvalue weighted by molar-refractivity contribution is 5.96. The maximum atomic E-state index is 12.5. The van der Waals surface area contributed by atoms with Crippen LogP contribution in [0.4, 0.5) is 8.78 Å². The molecule has 0 saturated heterocycles. The molecule has 0 bridgehead atoms. The highest BCUT2D eigenvalue weighted by atomic mass is 19.3. The van der Waals surface area contributed by atoms with Gasteiger partial charge in [0.25, 0.3) is 0 Å². The second-order valence-electron chi connectivity index (χ2n) is 8.88. The van der Waals surface area contributed by atoms with Gasteiger partial charge in [0.1, 0.15) is 13.6 Å². The van der Waals surface area contributed by atoms with Gasteiger partial charge in [0, 0.05) is 28.9 Å². The van der Waals surface area contributed by atoms with Crippen LogP contribution in [0.5, 0.6) is 0 Å². The fourth-order valence-electron chi connectivity index (χ4n) is 3.82. The van der Waals surface area contributed by atoms with Gasteiger partial charge in [-0.25, -0.2) is 8.78 Å². The average molecular weight is 504 g/mol. The highest BCUT2D eigenvalue weighted by Gasteiger charge is 2.21. The summed E-state index contributed by atoms with van der Waals surface area (Å²) in [6.07, 6.45) is 3.25. The number of ketones is 1. The summed E-state index contributed by atoms with van der Waals surface area (Å²) in [6, 6.07) is 17.5. The molecule has 200 valence electrons. The van der Waals surface area contributed by atoms with Crippen molar-refractivity contribution in [1.29, 1.82) is 0 Å². The highest BCUT2D eigenvalue weighted by Crippen LogP contribution is 2.23. The van der Waals surface area contributed by atoms with Crippen molar-refractivity contribution in [2.24, 2.45) is 7.05 Å². The van der Waals surface area contributed by atoms with E-state index in [0.29, 0.717) is 17.9 Å². The SMILES string of the molecule is C=O.C=O.CCc1ccc(CC(=O)c2cccn2C)cc1C(C)C.Cc1cccc(CC(C)(F)F)c1.[HH].[HH]. The van der Waals surface area contributed by atoms with Gasteiger partial charge < -0.3 is 14.2 Å². The van der Waals surface area contributed by atoms with Crippen LogP contribution in [0.2, 0.25) is 0 Å². The second-order valence-corrected chi connectivity index (χ2v) is 8.88. The van der Waals surface area contributed by atoms with Gasteiger partial charge in [0.2, 0.25) is 5.92 Å². The van der Waals surface area contributed by atoms with Gasteiger partial charge >= 0.3 is 0 Å². The molecule has 0 spiro atoms. The number of aryl methyl sites for hydroxylation is 3. The van der Waals surface area contributed by atoms with E-state index in [9.17, 15) is 13.6 Å². The summed E-state index contributed by atoms with van der Waals surface area (Å²) in [4.78, 5) is 28.3. The van der Waals surface area contributed by atoms with Crippen LogP contribution in [0.25, 0.3) is 0 Å². The van der Waals surface area contributed by atoms with E-state index in [4.69, 9.17) is 9.59 Å². The molecule has 6 heteroatoms. The third-order valence-electron chi connectivity index (χ3n) is 5.40. The summed E-state index contributed by atoms with van der Waals surface area (Å²) in [5.41, 5.74) is 6.35. The zero-order valence-corrected chi connectivity index (χ0v) is 22.3. The third kappa shape index (κ3) is 11.3. The van der Waals surface area contributed by atoms with E-state index in [1.54, 1.807) is 18.2 Å². The molecule has 2 aromatic carbocycles. The van der Waals surface area contributed by atoms with Gasteiger partial charge in [-0.2, -0.15) is 0 Å². The van der Waals surface area contributed by atoms with Crippen molar-refractivity contribution in [1.82, 2.24) is 4.57 Å². The first-order chi connectivity index (χ1) is 17.0. The molecule has 0 aliphatic heterocycles. The summed E-state index contributed by atoms with van der Waals surface area (Å²) in [6.45, 7) is 13.4. The lowest BCUT2D eigenvalue weighted by atomic mass is 9.92. The Morgan fingerprint density at radius 3 is 2.11 bits per heavy atom. The Morgan fingerprint density at radius 2 is 1.64 bits per heavy atom. The first kappa shape index (κ1) is 32.6. The molecule has 3 aromatic rings. The normalized spacial score (nSPS) is 10.2. The predicted molar refractivity (Wildman–Crippen MR) is 147 cm³/mol. The van der Waals surface area contributed by atoms with Gasteiger partial charge in [0.05, 0.1) is 5.69 Å². The van der Waals surface area contributed by atoms with Crippen molar-refractivity contribution < 1.29 is 26.0 Å². The number of carbonyl (C=O) groups excluding carboxylic acids is 3. The Labute approximate surface area is 217 Å². The van der Waals surface area contributed by atoms with Gasteiger partial charge in [-0.3, -0.25) is 4.79 Å². The van der Waals surface area contributed by atoms with Crippen molar-refractivity contribution in [3.63, 3.8) is 0 Å². The fraction of sp³-hybridized carbons (Fsp3) is 0.367. The molecule has 3 rings (SSSR count). The van der Waals surface area contributed by atoms with Crippen molar-refractivity contribution in [3.05, 3.63) is 94.3 Å². The Bertz CT molecular complexity index is 1080. The first-order valence-corrected chi connectivity index (χ1v) is 11.8. The summed E-state index contributed by atoms with van der Waals surface area (Å²) < 4.78 is 27.0. The molecule has 0 radical (unpaired) electrons. The number of hydrogen-bond acceptors (Lipinski definition) is 3. The van der Waals surface area contributed by atoms with E-state index in [1.165, 1.54) is 11.1 Å². The molecule has 0 N–H and O–H groups in total. The Kier molecular flexibility index (Phi) is 14.8. The quantitative estimate of drug-likeness (QED) is 0.315. The molecule has 0 aliphatic rings. The van der Waals surface area contributed by atoms with Crippen LogP contribution in [0.1, 0.15) is 74.8 Å². The van der Waals surface area contributed by atoms with Crippen LogP contribution in [0.3, 0.4) is 0 Å². The van der Waals surface area contributed by atoms with E-state index >= 15 is 0 Å². The second kappa shape index (κ2) is 16.3. The van der Waals surface area contributed by atoms with Crippen molar-refractivity contribution in [2.45, 2.75) is 65.7 Å². The largest absolute Gasteiger partial charge is 0.348 e. The number of halogens is 2. The molecule has 0 saturated carbocycles. The van der Waals surface area contributed by atoms with Crippen LogP contribution < -0.4 is 0 Å². The number of alkyl halides is 2. The maximum Gasteiger partial charge on any atom is 0.249 e. The molecule has 0 fully saturated rings. The topological polar surface area (TPSA) is 56.1 Å². The monoisotopic (exact) mass is 503 g/mol. The summed E-state index contributed by atoms with van der Waals surface area (Å²) in [5, 5.41) is 0. The molecule has 0 aliphatic carbocycles. The lowest BCUT2D eigenvalue weighted by Crippen LogP contribution is -2.13. The van der Waals surface area contributed by atoms with E-state index in [0.717, 1.165) is 30.2 Å². The van der Waals surface area contributed by atoms with Gasteiger partial charge in [0.15, 0.2) is 5.78 Å². The molecule has 36 heavy (non-hydrogen) atoms. The molecule has 0 atom stereocenters. The fourth-order valence-corrected chi connectivity index (χ4v) is 3.82. The van der Waals surface area contributed by atoms with E-state index in [2.05, 4.69) is 39.0 Å². The molecule has 0 amide bonds. The number of aromatic nitrogens is 1. The average Bonchev–Trinajstić information content (AvgIpc) is 3.27. The van der Waals surface area contributed by atoms with E-state index in [1.807, 2.05) is 56.5 Å². The Morgan fingerprint density at radius 1 is 1.00 bits per heavy atom. The number of rotatable bonds is 7. The Balaban J connectivity index is -0.000000589. The molecule has 1 heterocycles. The zero-order valence-electron chi connectivity index (χ0n) is 22.3. The van der Waals surface area contributed by atoms with Gasteiger partial charge in [-0.05, 0) is 60.6 Å². The van der Waals surface area contributed by atoms with Crippen molar-refractivity contribution in [3.8, 4) is 0 Å².